The van der Waals surface area contributed by atoms with Crippen molar-refractivity contribution in [3.63, 3.8) is 0 Å². The van der Waals surface area contributed by atoms with Crippen LogP contribution in [-0.4, -0.2) is 23.4 Å². The Hall–Kier alpha value is -2.24. The summed E-state index contributed by atoms with van der Waals surface area (Å²) in [5.74, 6) is 2.81. The number of benzene rings is 1. The van der Waals surface area contributed by atoms with E-state index in [1.54, 1.807) is 0 Å². The molecular weight excluding hydrogens is 282 g/mol. The van der Waals surface area contributed by atoms with Gasteiger partial charge in [0, 0.05) is 17.2 Å². The van der Waals surface area contributed by atoms with Crippen molar-refractivity contribution in [2.45, 2.75) is 39.2 Å². The van der Waals surface area contributed by atoms with Gasteiger partial charge in [-0.2, -0.15) is 4.98 Å². The second-order valence-electron chi connectivity index (χ2n) is 6.43. The summed E-state index contributed by atoms with van der Waals surface area (Å²) in [5, 5.41) is 7.39. The van der Waals surface area contributed by atoms with Gasteiger partial charge < -0.3 is 19.3 Å². The van der Waals surface area contributed by atoms with Crippen molar-refractivity contribution in [1.29, 1.82) is 0 Å². The first-order valence-electron chi connectivity index (χ1n) is 7.44. The summed E-state index contributed by atoms with van der Waals surface area (Å²) in [6.45, 7) is 9.32. The molecule has 0 saturated carbocycles. The summed E-state index contributed by atoms with van der Waals surface area (Å²) < 4.78 is 16.5. The fourth-order valence-electron chi connectivity index (χ4n) is 2.16. The lowest BCUT2D eigenvalue weighted by molar-refractivity contribution is 0.171. The normalized spacial score (nSPS) is 15.5. The van der Waals surface area contributed by atoms with Gasteiger partial charge in [0.1, 0.15) is 19.3 Å². The number of fused-ring (bicyclic) bond motifs is 1. The Balaban J connectivity index is 1.74. The molecule has 2 heterocycles. The molecule has 0 fully saturated rings. The molecule has 6 heteroatoms. The van der Waals surface area contributed by atoms with Crippen LogP contribution in [0.4, 0.5) is 5.69 Å². The Kier molecular flexibility index (Phi) is 3.68. The number of hydrogen-bond donors (Lipinski definition) is 1. The van der Waals surface area contributed by atoms with Gasteiger partial charge in [-0.25, -0.2) is 0 Å². The van der Waals surface area contributed by atoms with E-state index in [1.165, 1.54) is 0 Å². The Morgan fingerprint density at radius 3 is 2.55 bits per heavy atom. The second-order valence-corrected chi connectivity index (χ2v) is 6.43. The largest absolute Gasteiger partial charge is 0.486 e. The van der Waals surface area contributed by atoms with E-state index in [4.69, 9.17) is 14.0 Å². The molecule has 22 heavy (non-hydrogen) atoms. The zero-order valence-electron chi connectivity index (χ0n) is 13.3. The highest BCUT2D eigenvalue weighted by atomic mass is 16.6. The third kappa shape index (κ3) is 3.00. The SMILES string of the molecule is C[C@H](Nc1ccc2c(c1)OCCO2)c1nc(C(C)(C)C)no1. The summed E-state index contributed by atoms with van der Waals surface area (Å²) in [7, 11) is 0. The smallest absolute Gasteiger partial charge is 0.248 e. The van der Waals surface area contributed by atoms with Gasteiger partial charge in [0.05, 0.1) is 0 Å². The summed E-state index contributed by atoms with van der Waals surface area (Å²) in [6.07, 6.45) is 0. The molecule has 6 nitrogen and oxygen atoms in total. The van der Waals surface area contributed by atoms with Crippen LogP contribution in [0.25, 0.3) is 0 Å². The van der Waals surface area contributed by atoms with Crippen molar-refractivity contribution in [1.82, 2.24) is 10.1 Å². The van der Waals surface area contributed by atoms with Crippen molar-refractivity contribution in [3.05, 3.63) is 29.9 Å². The molecule has 3 rings (SSSR count). The predicted molar refractivity (Wildman–Crippen MR) is 82.5 cm³/mol. The zero-order chi connectivity index (χ0) is 15.7. The molecule has 1 atom stereocenters. The predicted octanol–water partition coefficient (Wildman–Crippen LogP) is 3.31. The average Bonchev–Trinajstić information content (AvgIpc) is 2.97. The molecule has 1 aliphatic heterocycles. The Bertz CT molecular complexity index is 661. The van der Waals surface area contributed by atoms with Gasteiger partial charge in [-0.3, -0.25) is 0 Å². The topological polar surface area (TPSA) is 69.4 Å². The first kappa shape index (κ1) is 14.7. The fourth-order valence-corrected chi connectivity index (χ4v) is 2.16. The van der Waals surface area contributed by atoms with E-state index in [0.717, 1.165) is 17.2 Å². The number of aromatic nitrogens is 2. The van der Waals surface area contributed by atoms with Crippen LogP contribution in [0.5, 0.6) is 11.5 Å². The molecule has 0 saturated heterocycles. The van der Waals surface area contributed by atoms with Crippen molar-refractivity contribution in [2.75, 3.05) is 18.5 Å². The number of anilines is 1. The van der Waals surface area contributed by atoms with Crippen LogP contribution >= 0.6 is 0 Å². The molecule has 118 valence electrons. The summed E-state index contributed by atoms with van der Waals surface area (Å²) in [6, 6.07) is 5.68. The minimum atomic E-state index is -0.127. The average molecular weight is 303 g/mol. The van der Waals surface area contributed by atoms with Gasteiger partial charge in [0.15, 0.2) is 17.3 Å². The number of nitrogens with one attached hydrogen (secondary N) is 1. The number of ether oxygens (including phenoxy) is 2. The van der Waals surface area contributed by atoms with Gasteiger partial charge in [-0.05, 0) is 19.1 Å². The number of rotatable bonds is 3. The maximum Gasteiger partial charge on any atom is 0.248 e. The van der Waals surface area contributed by atoms with Crippen LogP contribution in [0.2, 0.25) is 0 Å². The summed E-state index contributed by atoms with van der Waals surface area (Å²) >= 11 is 0. The summed E-state index contributed by atoms with van der Waals surface area (Å²) in [4.78, 5) is 4.47. The molecule has 0 radical (unpaired) electrons. The van der Waals surface area contributed by atoms with Gasteiger partial charge >= 0.3 is 0 Å². The minimum absolute atomic E-state index is 0.0915. The van der Waals surface area contributed by atoms with Gasteiger partial charge in [0.2, 0.25) is 5.89 Å². The Morgan fingerprint density at radius 1 is 1.14 bits per heavy atom. The van der Waals surface area contributed by atoms with E-state index in [9.17, 15) is 0 Å². The highest BCUT2D eigenvalue weighted by molar-refractivity contribution is 5.55. The lowest BCUT2D eigenvalue weighted by Gasteiger charge is -2.20. The Labute approximate surface area is 129 Å². The Morgan fingerprint density at radius 2 is 1.86 bits per heavy atom. The van der Waals surface area contributed by atoms with Crippen molar-refractivity contribution in [2.24, 2.45) is 0 Å². The lowest BCUT2D eigenvalue weighted by atomic mass is 9.96. The molecule has 1 N–H and O–H groups in total. The van der Waals surface area contributed by atoms with E-state index in [1.807, 2.05) is 25.1 Å². The van der Waals surface area contributed by atoms with Gasteiger partial charge in [-0.1, -0.05) is 25.9 Å². The molecule has 0 aliphatic carbocycles. The molecule has 0 unspecified atom stereocenters. The van der Waals surface area contributed by atoms with E-state index in [2.05, 4.69) is 36.2 Å². The first-order valence-corrected chi connectivity index (χ1v) is 7.44. The molecule has 1 aliphatic rings. The van der Waals surface area contributed by atoms with Crippen molar-refractivity contribution < 1.29 is 14.0 Å². The van der Waals surface area contributed by atoms with Crippen LogP contribution in [0.3, 0.4) is 0 Å². The number of nitrogens with zero attached hydrogens (tertiary/aromatic N) is 2. The van der Waals surface area contributed by atoms with E-state index >= 15 is 0 Å². The van der Waals surface area contributed by atoms with E-state index in [0.29, 0.717) is 24.9 Å². The van der Waals surface area contributed by atoms with Gasteiger partial charge in [0.25, 0.3) is 0 Å². The standard InChI is InChI=1S/C16H21N3O3/c1-10(14-18-15(19-22-14)16(2,3)4)17-11-5-6-12-13(9-11)21-8-7-20-12/h5-6,9-10,17H,7-8H2,1-4H3/t10-/m0/s1. The first-order chi connectivity index (χ1) is 10.4. The highest BCUT2D eigenvalue weighted by Crippen LogP contribution is 2.33. The van der Waals surface area contributed by atoms with Crippen LogP contribution in [0.1, 0.15) is 45.5 Å². The molecule has 1 aromatic heterocycles. The fraction of sp³-hybridized carbons (Fsp3) is 0.500. The summed E-state index contributed by atoms with van der Waals surface area (Å²) in [5.41, 5.74) is 0.797. The molecule has 1 aromatic carbocycles. The van der Waals surface area contributed by atoms with Crippen molar-refractivity contribution >= 4 is 5.69 Å². The number of hydrogen-bond acceptors (Lipinski definition) is 6. The zero-order valence-corrected chi connectivity index (χ0v) is 13.3. The van der Waals surface area contributed by atoms with Crippen LogP contribution in [-0.2, 0) is 5.41 Å². The van der Waals surface area contributed by atoms with Gasteiger partial charge in [-0.15, -0.1) is 0 Å². The second kappa shape index (κ2) is 5.51. The molecule has 0 amide bonds. The van der Waals surface area contributed by atoms with Crippen LogP contribution in [0.15, 0.2) is 22.7 Å². The highest BCUT2D eigenvalue weighted by Gasteiger charge is 2.23. The minimum Gasteiger partial charge on any atom is -0.486 e. The maximum absolute atomic E-state index is 5.58. The molecule has 0 bridgehead atoms. The molecule has 2 aromatic rings. The third-order valence-corrected chi connectivity index (χ3v) is 3.41. The molecule has 0 spiro atoms. The van der Waals surface area contributed by atoms with E-state index in [-0.39, 0.29) is 11.5 Å². The van der Waals surface area contributed by atoms with Crippen LogP contribution in [0, 0.1) is 0 Å². The third-order valence-electron chi connectivity index (χ3n) is 3.41. The maximum atomic E-state index is 5.58. The monoisotopic (exact) mass is 303 g/mol. The van der Waals surface area contributed by atoms with E-state index < -0.39 is 0 Å². The van der Waals surface area contributed by atoms with Crippen molar-refractivity contribution in [3.8, 4) is 11.5 Å². The lowest BCUT2D eigenvalue weighted by Crippen LogP contribution is -2.16. The molecular formula is C16H21N3O3. The quantitative estimate of drug-likeness (QED) is 0.938. The van der Waals surface area contributed by atoms with Crippen LogP contribution < -0.4 is 14.8 Å².